The van der Waals surface area contributed by atoms with Crippen LogP contribution in [0.25, 0.3) is 11.1 Å². The first-order chi connectivity index (χ1) is 11.2. The van der Waals surface area contributed by atoms with E-state index in [0.29, 0.717) is 22.7 Å². The average Bonchev–Trinajstić information content (AvgIpc) is 2.97. The van der Waals surface area contributed by atoms with Gasteiger partial charge in [0, 0.05) is 16.5 Å². The van der Waals surface area contributed by atoms with Gasteiger partial charge in [0.05, 0.1) is 17.2 Å². The number of hydrogen-bond acceptors (Lipinski definition) is 4. The summed E-state index contributed by atoms with van der Waals surface area (Å²) in [6.45, 7) is 2.53. The van der Waals surface area contributed by atoms with Crippen molar-refractivity contribution >= 4 is 22.1 Å². The number of hydrogen-bond donors (Lipinski definition) is 1. The third-order valence-corrected chi connectivity index (χ3v) is 4.37. The molecule has 1 aromatic heterocycles. The largest absolute Gasteiger partial charge is 0.494 e. The number of rotatable bonds is 5. The predicted octanol–water partition coefficient (Wildman–Crippen LogP) is 4.63. The summed E-state index contributed by atoms with van der Waals surface area (Å²) in [5.41, 5.74) is 9.13. The van der Waals surface area contributed by atoms with Gasteiger partial charge in [0.25, 0.3) is 0 Å². The third kappa shape index (κ3) is 3.12. The Morgan fingerprint density at radius 3 is 2.43 bits per heavy atom. The number of ketones is 1. The molecule has 0 amide bonds. The molecule has 116 valence electrons. The molecule has 0 spiro atoms. The minimum Gasteiger partial charge on any atom is -0.494 e. The van der Waals surface area contributed by atoms with E-state index in [9.17, 15) is 4.79 Å². The van der Waals surface area contributed by atoms with E-state index in [0.717, 1.165) is 16.9 Å². The van der Waals surface area contributed by atoms with E-state index in [-0.39, 0.29) is 5.78 Å². The van der Waals surface area contributed by atoms with Gasteiger partial charge in [-0.3, -0.25) is 4.79 Å². The van der Waals surface area contributed by atoms with Gasteiger partial charge in [-0.15, -0.1) is 11.3 Å². The highest BCUT2D eigenvalue weighted by molar-refractivity contribution is 7.15. The molecule has 4 heteroatoms. The fourth-order valence-electron chi connectivity index (χ4n) is 2.45. The van der Waals surface area contributed by atoms with Gasteiger partial charge in [-0.1, -0.05) is 30.3 Å². The Morgan fingerprint density at radius 2 is 1.78 bits per heavy atom. The minimum absolute atomic E-state index is 0.0642. The van der Waals surface area contributed by atoms with E-state index in [1.807, 2.05) is 54.8 Å². The van der Waals surface area contributed by atoms with E-state index >= 15 is 0 Å². The lowest BCUT2D eigenvalue weighted by atomic mass is 9.97. The fourth-order valence-corrected chi connectivity index (χ4v) is 3.27. The number of nitrogens with two attached hydrogens (primary N) is 1. The molecule has 0 saturated carbocycles. The smallest absolute Gasteiger partial charge is 0.196 e. The molecular weight excluding hydrogens is 306 g/mol. The molecule has 0 aliphatic carbocycles. The third-order valence-electron chi connectivity index (χ3n) is 3.56. The van der Waals surface area contributed by atoms with Crippen molar-refractivity contribution in [3.05, 3.63) is 71.1 Å². The van der Waals surface area contributed by atoms with Crippen LogP contribution in [0.5, 0.6) is 5.75 Å². The van der Waals surface area contributed by atoms with Crippen molar-refractivity contribution in [2.45, 2.75) is 6.92 Å². The summed E-state index contributed by atoms with van der Waals surface area (Å²) in [4.78, 5) is 12.9. The molecule has 0 aliphatic rings. The van der Waals surface area contributed by atoms with Gasteiger partial charge >= 0.3 is 0 Å². The van der Waals surface area contributed by atoms with Gasteiger partial charge in [0.1, 0.15) is 5.75 Å². The van der Waals surface area contributed by atoms with E-state index in [1.165, 1.54) is 11.3 Å². The number of carbonyl (C=O) groups excluding carboxylic acids is 1. The minimum atomic E-state index is -0.0642. The molecule has 0 fully saturated rings. The van der Waals surface area contributed by atoms with Gasteiger partial charge in [0.15, 0.2) is 5.78 Å². The molecule has 2 N–H and O–H groups in total. The molecule has 2 aromatic carbocycles. The second-order valence-electron chi connectivity index (χ2n) is 5.04. The van der Waals surface area contributed by atoms with Crippen LogP contribution in [-0.4, -0.2) is 12.4 Å². The fraction of sp³-hybridized carbons (Fsp3) is 0.105. The van der Waals surface area contributed by atoms with Crippen molar-refractivity contribution in [2.75, 3.05) is 12.3 Å². The second kappa shape index (κ2) is 6.67. The summed E-state index contributed by atoms with van der Waals surface area (Å²) < 4.78 is 5.41. The molecule has 0 unspecified atom stereocenters. The van der Waals surface area contributed by atoms with Crippen molar-refractivity contribution in [3.63, 3.8) is 0 Å². The molecule has 23 heavy (non-hydrogen) atoms. The zero-order valence-corrected chi connectivity index (χ0v) is 13.6. The highest BCUT2D eigenvalue weighted by atomic mass is 32.1. The molecule has 3 aromatic rings. The van der Waals surface area contributed by atoms with E-state index in [1.54, 1.807) is 12.1 Å². The van der Waals surface area contributed by atoms with Crippen LogP contribution in [0.4, 0.5) is 5.00 Å². The van der Waals surface area contributed by atoms with Crippen LogP contribution in [0, 0.1) is 0 Å². The Labute approximate surface area is 139 Å². The first-order valence-corrected chi connectivity index (χ1v) is 8.28. The number of nitrogen functional groups attached to an aromatic ring is 1. The Kier molecular flexibility index (Phi) is 4.44. The molecule has 0 atom stereocenters. The summed E-state index contributed by atoms with van der Waals surface area (Å²) in [5.74, 6) is 0.691. The van der Waals surface area contributed by atoms with Crippen molar-refractivity contribution in [2.24, 2.45) is 0 Å². The van der Waals surface area contributed by atoms with Gasteiger partial charge in [-0.2, -0.15) is 0 Å². The summed E-state index contributed by atoms with van der Waals surface area (Å²) in [5, 5.41) is 2.48. The van der Waals surface area contributed by atoms with Gasteiger partial charge < -0.3 is 10.5 Å². The van der Waals surface area contributed by atoms with Crippen LogP contribution >= 0.6 is 11.3 Å². The van der Waals surface area contributed by atoms with Crippen molar-refractivity contribution < 1.29 is 9.53 Å². The predicted molar refractivity (Wildman–Crippen MR) is 95.2 cm³/mol. The number of carbonyl (C=O) groups is 1. The summed E-state index contributed by atoms with van der Waals surface area (Å²) in [7, 11) is 0. The Bertz CT molecular complexity index is 807. The van der Waals surface area contributed by atoms with Crippen LogP contribution in [0.15, 0.2) is 60.0 Å². The quantitative estimate of drug-likeness (QED) is 0.697. The van der Waals surface area contributed by atoms with Crippen LogP contribution in [0.1, 0.15) is 22.8 Å². The van der Waals surface area contributed by atoms with Crippen LogP contribution in [-0.2, 0) is 0 Å². The first-order valence-electron chi connectivity index (χ1n) is 7.40. The highest BCUT2D eigenvalue weighted by Gasteiger charge is 2.20. The SMILES string of the molecule is CCOc1ccc(C(=O)c2c(-c3ccccc3)csc2N)cc1. The van der Waals surface area contributed by atoms with Crippen LogP contribution in [0.3, 0.4) is 0 Å². The molecule has 0 saturated heterocycles. The van der Waals surface area contributed by atoms with Gasteiger partial charge in [-0.05, 0) is 36.8 Å². The molecular formula is C19H17NO2S. The van der Waals surface area contributed by atoms with Crippen molar-refractivity contribution in [3.8, 4) is 16.9 Å². The monoisotopic (exact) mass is 323 g/mol. The Hall–Kier alpha value is -2.59. The molecule has 3 rings (SSSR count). The Morgan fingerprint density at radius 1 is 1.09 bits per heavy atom. The van der Waals surface area contributed by atoms with Gasteiger partial charge in [-0.25, -0.2) is 0 Å². The van der Waals surface area contributed by atoms with E-state index in [4.69, 9.17) is 10.5 Å². The highest BCUT2D eigenvalue weighted by Crippen LogP contribution is 2.35. The molecule has 3 nitrogen and oxygen atoms in total. The Balaban J connectivity index is 1.98. The maximum absolute atomic E-state index is 12.9. The summed E-state index contributed by atoms with van der Waals surface area (Å²) in [6.07, 6.45) is 0. The van der Waals surface area contributed by atoms with E-state index in [2.05, 4.69) is 0 Å². The maximum atomic E-state index is 12.9. The molecule has 0 bridgehead atoms. The number of thiophene rings is 1. The molecule has 0 aliphatic heterocycles. The van der Waals surface area contributed by atoms with E-state index < -0.39 is 0 Å². The second-order valence-corrected chi connectivity index (χ2v) is 5.95. The lowest BCUT2D eigenvalue weighted by Gasteiger charge is -2.07. The lowest BCUT2D eigenvalue weighted by Crippen LogP contribution is -2.04. The van der Waals surface area contributed by atoms with Crippen molar-refractivity contribution in [1.29, 1.82) is 0 Å². The van der Waals surface area contributed by atoms with Crippen molar-refractivity contribution in [1.82, 2.24) is 0 Å². The average molecular weight is 323 g/mol. The van der Waals surface area contributed by atoms with Crippen LogP contribution in [0.2, 0.25) is 0 Å². The zero-order chi connectivity index (χ0) is 16.2. The number of ether oxygens (including phenoxy) is 1. The van der Waals surface area contributed by atoms with Crippen LogP contribution < -0.4 is 10.5 Å². The summed E-state index contributed by atoms with van der Waals surface area (Å²) in [6, 6.07) is 17.0. The summed E-state index contributed by atoms with van der Waals surface area (Å²) >= 11 is 1.39. The number of anilines is 1. The number of benzene rings is 2. The normalized spacial score (nSPS) is 10.5. The van der Waals surface area contributed by atoms with Gasteiger partial charge in [0.2, 0.25) is 0 Å². The first kappa shape index (κ1) is 15.3. The molecule has 0 radical (unpaired) electrons. The maximum Gasteiger partial charge on any atom is 0.196 e. The lowest BCUT2D eigenvalue weighted by molar-refractivity contribution is 0.104. The topological polar surface area (TPSA) is 52.3 Å². The standard InChI is InChI=1S/C19H17NO2S/c1-2-22-15-10-8-14(9-11-15)18(21)17-16(12-23-19(17)20)13-6-4-3-5-7-13/h3-12H,2,20H2,1H3. The molecule has 1 heterocycles. The zero-order valence-electron chi connectivity index (χ0n) is 12.8.